The summed E-state index contributed by atoms with van der Waals surface area (Å²) in [6, 6.07) is 7.17. The molecule has 0 bridgehead atoms. The summed E-state index contributed by atoms with van der Waals surface area (Å²) in [5.74, 6) is 0. The number of para-hydroxylation sites is 2. The fourth-order valence-corrected chi connectivity index (χ4v) is 1.57. The molecule has 0 aliphatic carbocycles. The van der Waals surface area contributed by atoms with Crippen molar-refractivity contribution in [1.82, 2.24) is 9.55 Å². The van der Waals surface area contributed by atoms with Gasteiger partial charge in [-0.05, 0) is 12.1 Å². The number of benzene rings is 1. The third kappa shape index (κ3) is 1.95. The fourth-order valence-electron chi connectivity index (χ4n) is 1.57. The van der Waals surface area contributed by atoms with Crippen molar-refractivity contribution in [3.63, 3.8) is 0 Å². The molecule has 0 aliphatic heterocycles. The van der Waals surface area contributed by atoms with Crippen LogP contribution in [0.1, 0.15) is 0 Å². The first-order chi connectivity index (χ1) is 7.72. The lowest BCUT2D eigenvalue weighted by Crippen LogP contribution is -2.28. The highest BCUT2D eigenvalue weighted by atomic mass is 16.3. The molecule has 0 amide bonds. The van der Waals surface area contributed by atoms with E-state index in [2.05, 4.69) is 4.98 Å². The number of aliphatic hydroxyl groups excluding tert-OH is 2. The van der Waals surface area contributed by atoms with Crippen LogP contribution in [0.3, 0.4) is 0 Å². The molecule has 1 aromatic carbocycles. The molecule has 0 fully saturated rings. The highest BCUT2D eigenvalue weighted by molar-refractivity contribution is 5.74. The molecule has 0 aliphatic rings. The number of nitrogens with zero attached hydrogens (tertiary/aromatic N) is 2. The first-order valence-corrected chi connectivity index (χ1v) is 4.96. The first kappa shape index (κ1) is 10.8. The van der Waals surface area contributed by atoms with E-state index in [0.29, 0.717) is 11.0 Å². The maximum absolute atomic E-state index is 11.6. The minimum atomic E-state index is -0.941. The minimum Gasteiger partial charge on any atom is -0.394 e. The summed E-state index contributed by atoms with van der Waals surface area (Å²) in [7, 11) is 0. The molecule has 5 nitrogen and oxygen atoms in total. The van der Waals surface area contributed by atoms with Crippen molar-refractivity contribution in [2.75, 3.05) is 6.61 Å². The van der Waals surface area contributed by atoms with Gasteiger partial charge in [0.2, 0.25) is 0 Å². The topological polar surface area (TPSA) is 75.4 Å². The van der Waals surface area contributed by atoms with Crippen LogP contribution >= 0.6 is 0 Å². The van der Waals surface area contributed by atoms with Crippen molar-refractivity contribution in [2.24, 2.45) is 0 Å². The van der Waals surface area contributed by atoms with E-state index in [1.807, 2.05) is 6.07 Å². The van der Waals surface area contributed by atoms with Crippen molar-refractivity contribution >= 4 is 11.0 Å². The number of rotatable bonds is 3. The van der Waals surface area contributed by atoms with Crippen LogP contribution < -0.4 is 5.56 Å². The zero-order chi connectivity index (χ0) is 11.5. The molecule has 2 N–H and O–H groups in total. The molecule has 2 aromatic rings. The third-order valence-corrected chi connectivity index (χ3v) is 2.36. The molecule has 0 saturated carbocycles. The van der Waals surface area contributed by atoms with Gasteiger partial charge < -0.3 is 14.8 Å². The maximum Gasteiger partial charge on any atom is 0.269 e. The smallest absolute Gasteiger partial charge is 0.269 e. The first-order valence-electron chi connectivity index (χ1n) is 4.96. The molecule has 1 unspecified atom stereocenters. The van der Waals surface area contributed by atoms with Gasteiger partial charge in [0.05, 0.1) is 36.5 Å². The minimum absolute atomic E-state index is 0.0678. The Labute approximate surface area is 91.6 Å². The number of fused-ring (bicyclic) bond motifs is 1. The highest BCUT2D eigenvalue weighted by Crippen LogP contribution is 2.08. The van der Waals surface area contributed by atoms with Gasteiger partial charge in [0.25, 0.3) is 5.56 Å². The van der Waals surface area contributed by atoms with Gasteiger partial charge in [-0.1, -0.05) is 12.1 Å². The Morgan fingerprint density at radius 2 is 2.12 bits per heavy atom. The lowest BCUT2D eigenvalue weighted by Gasteiger charge is -2.12. The lowest BCUT2D eigenvalue weighted by molar-refractivity contribution is 0.0814. The Bertz CT molecular complexity index is 550. The van der Waals surface area contributed by atoms with Gasteiger partial charge in [-0.3, -0.25) is 4.79 Å². The molecular weight excluding hydrogens is 208 g/mol. The van der Waals surface area contributed by atoms with Crippen LogP contribution in [0.2, 0.25) is 0 Å². The van der Waals surface area contributed by atoms with Crippen LogP contribution in [-0.4, -0.2) is 32.5 Å². The predicted octanol–water partition coefficient (Wildman–Crippen LogP) is -0.250. The Hall–Kier alpha value is -1.72. The second-order valence-corrected chi connectivity index (χ2v) is 3.53. The average molecular weight is 220 g/mol. The van der Waals surface area contributed by atoms with E-state index in [1.165, 1.54) is 10.8 Å². The third-order valence-electron chi connectivity index (χ3n) is 2.36. The van der Waals surface area contributed by atoms with Gasteiger partial charge in [0.15, 0.2) is 0 Å². The molecule has 16 heavy (non-hydrogen) atoms. The van der Waals surface area contributed by atoms with Gasteiger partial charge >= 0.3 is 0 Å². The number of hydrogen-bond acceptors (Lipinski definition) is 4. The number of aromatic nitrogens is 2. The maximum atomic E-state index is 11.6. The molecule has 5 heteroatoms. The number of aliphatic hydroxyl groups is 2. The van der Waals surface area contributed by atoms with E-state index in [4.69, 9.17) is 5.11 Å². The Balaban J connectivity index is 2.57. The standard InChI is InChI=1S/C11H12N2O3/c14-7-8(15)6-13-10-4-2-1-3-9(10)12-5-11(13)16/h1-5,8,14-15H,6-7H2. The number of hydrogen-bond donors (Lipinski definition) is 2. The summed E-state index contributed by atoms with van der Waals surface area (Å²) in [6.07, 6.45) is 0.274. The molecule has 0 radical (unpaired) electrons. The Morgan fingerprint density at radius 1 is 1.38 bits per heavy atom. The zero-order valence-corrected chi connectivity index (χ0v) is 8.58. The zero-order valence-electron chi connectivity index (χ0n) is 8.58. The molecular formula is C11H12N2O3. The van der Waals surface area contributed by atoms with Crippen LogP contribution in [0, 0.1) is 0 Å². The van der Waals surface area contributed by atoms with Crippen molar-refractivity contribution in [3.05, 3.63) is 40.8 Å². The van der Waals surface area contributed by atoms with E-state index in [0.717, 1.165) is 0 Å². The van der Waals surface area contributed by atoms with E-state index in [9.17, 15) is 9.90 Å². The summed E-state index contributed by atoms with van der Waals surface area (Å²) >= 11 is 0. The molecule has 1 heterocycles. The van der Waals surface area contributed by atoms with Crippen molar-refractivity contribution < 1.29 is 10.2 Å². The van der Waals surface area contributed by atoms with Gasteiger partial charge in [0.1, 0.15) is 0 Å². The van der Waals surface area contributed by atoms with Crippen LogP contribution in [0.15, 0.2) is 35.3 Å². The largest absolute Gasteiger partial charge is 0.394 e. The SMILES string of the molecule is O=c1cnc2ccccc2n1CC(O)CO. The van der Waals surface area contributed by atoms with E-state index in [1.54, 1.807) is 18.2 Å². The summed E-state index contributed by atoms with van der Waals surface area (Å²) in [6.45, 7) is -0.304. The van der Waals surface area contributed by atoms with E-state index in [-0.39, 0.29) is 18.7 Å². The van der Waals surface area contributed by atoms with E-state index < -0.39 is 6.10 Å². The van der Waals surface area contributed by atoms with Crippen LogP contribution in [-0.2, 0) is 6.54 Å². The van der Waals surface area contributed by atoms with Gasteiger partial charge in [0, 0.05) is 0 Å². The predicted molar refractivity (Wildman–Crippen MR) is 59.1 cm³/mol. The molecule has 84 valence electrons. The summed E-state index contributed by atoms with van der Waals surface area (Å²) < 4.78 is 1.41. The van der Waals surface area contributed by atoms with Crippen LogP contribution in [0.5, 0.6) is 0 Å². The van der Waals surface area contributed by atoms with Crippen molar-refractivity contribution in [3.8, 4) is 0 Å². The second-order valence-electron chi connectivity index (χ2n) is 3.53. The van der Waals surface area contributed by atoms with Crippen LogP contribution in [0.4, 0.5) is 0 Å². The quantitative estimate of drug-likeness (QED) is 0.748. The fraction of sp³-hybridized carbons (Fsp3) is 0.273. The lowest BCUT2D eigenvalue weighted by atomic mass is 10.3. The second kappa shape index (κ2) is 4.42. The van der Waals surface area contributed by atoms with Crippen molar-refractivity contribution in [1.29, 1.82) is 0 Å². The Morgan fingerprint density at radius 3 is 2.88 bits per heavy atom. The van der Waals surface area contributed by atoms with Gasteiger partial charge in [-0.25, -0.2) is 4.98 Å². The summed E-state index contributed by atoms with van der Waals surface area (Å²) in [5, 5.41) is 18.1. The average Bonchev–Trinajstić information content (AvgIpc) is 2.32. The Kier molecular flexibility index (Phi) is 2.98. The molecule has 0 spiro atoms. The molecule has 1 aromatic heterocycles. The molecule has 2 rings (SSSR count). The van der Waals surface area contributed by atoms with E-state index >= 15 is 0 Å². The molecule has 1 atom stereocenters. The highest BCUT2D eigenvalue weighted by Gasteiger charge is 2.08. The van der Waals surface area contributed by atoms with Crippen LogP contribution in [0.25, 0.3) is 11.0 Å². The van der Waals surface area contributed by atoms with Gasteiger partial charge in [-0.15, -0.1) is 0 Å². The molecule has 0 saturated heterocycles. The van der Waals surface area contributed by atoms with Gasteiger partial charge in [-0.2, -0.15) is 0 Å². The monoisotopic (exact) mass is 220 g/mol. The van der Waals surface area contributed by atoms with Crippen molar-refractivity contribution in [2.45, 2.75) is 12.6 Å². The summed E-state index contributed by atoms with van der Waals surface area (Å²) in [5.41, 5.74) is 1.06. The summed E-state index contributed by atoms with van der Waals surface area (Å²) in [4.78, 5) is 15.6. The normalized spacial score (nSPS) is 12.9.